The molecule has 0 aliphatic carbocycles. The molecule has 0 radical (unpaired) electrons. The Morgan fingerprint density at radius 2 is 1.11 bits per heavy atom. The first-order chi connectivity index (χ1) is 8.59. The summed E-state index contributed by atoms with van der Waals surface area (Å²) in [5.41, 5.74) is 2.77. The lowest BCUT2D eigenvalue weighted by Gasteiger charge is -2.45. The third kappa shape index (κ3) is 4.33. The van der Waals surface area contributed by atoms with Crippen LogP contribution in [0.3, 0.4) is 0 Å². The first-order valence-electron chi connectivity index (χ1n) is 7.13. The van der Waals surface area contributed by atoms with Crippen LogP contribution in [-0.2, 0) is 4.57 Å². The lowest BCUT2D eigenvalue weighted by Crippen LogP contribution is -2.44. The van der Waals surface area contributed by atoms with E-state index in [1.54, 1.807) is 5.82 Å². The fourth-order valence-corrected chi connectivity index (χ4v) is 6.28. The lowest BCUT2D eigenvalue weighted by molar-refractivity contribution is 0.230. The zero-order chi connectivity index (χ0) is 15.4. The molecular formula is C15H31N2OP. The van der Waals surface area contributed by atoms with Crippen molar-refractivity contribution in [3.05, 3.63) is 18.1 Å². The van der Waals surface area contributed by atoms with Gasteiger partial charge in [-0.3, -0.25) is 4.57 Å². The van der Waals surface area contributed by atoms with Gasteiger partial charge in [0.15, 0.2) is 0 Å². The first-order valence-corrected chi connectivity index (χ1v) is 8.82. The summed E-state index contributed by atoms with van der Waals surface area (Å²) in [7, 11) is -2.80. The second-order valence-corrected chi connectivity index (χ2v) is 8.42. The van der Waals surface area contributed by atoms with E-state index in [0.29, 0.717) is 0 Å². The highest BCUT2D eigenvalue weighted by atomic mass is 31.2. The van der Waals surface area contributed by atoms with Crippen LogP contribution in [0.25, 0.3) is 0 Å². The number of hydrogen-bond donors (Lipinski definition) is 0. The SMILES string of the molecule is C=C=CP(=O)(N(C(C)C)C(C)C)N(C(C)C)C(C)C. The molecule has 0 fully saturated rings. The Bertz CT molecular complexity index is 328. The third-order valence-corrected chi connectivity index (χ3v) is 6.73. The van der Waals surface area contributed by atoms with Crippen LogP contribution in [0, 0.1) is 0 Å². The van der Waals surface area contributed by atoms with Crippen molar-refractivity contribution in [1.29, 1.82) is 0 Å². The van der Waals surface area contributed by atoms with Gasteiger partial charge in [0.1, 0.15) is 0 Å². The molecule has 112 valence electrons. The molecule has 0 spiro atoms. The molecule has 0 aliphatic rings. The fourth-order valence-electron chi connectivity index (χ4n) is 2.89. The highest BCUT2D eigenvalue weighted by Gasteiger charge is 2.40. The molecule has 0 saturated carbocycles. The van der Waals surface area contributed by atoms with E-state index in [1.165, 1.54) is 0 Å². The molecule has 0 N–H and O–H groups in total. The summed E-state index contributed by atoms with van der Waals surface area (Å²) in [4.78, 5) is 0. The average Bonchev–Trinajstić information content (AvgIpc) is 2.13. The van der Waals surface area contributed by atoms with Crippen LogP contribution in [-0.4, -0.2) is 33.5 Å². The van der Waals surface area contributed by atoms with E-state index >= 15 is 0 Å². The normalized spacial score (nSPS) is 13.2. The minimum atomic E-state index is -2.80. The molecule has 19 heavy (non-hydrogen) atoms. The Hall–Kier alpha value is -0.330. The summed E-state index contributed by atoms with van der Waals surface area (Å²) in [6.45, 7) is 20.3. The van der Waals surface area contributed by atoms with E-state index in [1.807, 2.05) is 0 Å². The van der Waals surface area contributed by atoms with Crippen LogP contribution in [0.15, 0.2) is 18.1 Å². The van der Waals surface area contributed by atoms with Crippen molar-refractivity contribution in [2.75, 3.05) is 0 Å². The maximum Gasteiger partial charge on any atom is 0.247 e. The third-order valence-electron chi connectivity index (χ3n) is 3.04. The van der Waals surface area contributed by atoms with Crippen molar-refractivity contribution in [3.63, 3.8) is 0 Å². The Labute approximate surface area is 119 Å². The van der Waals surface area contributed by atoms with Crippen LogP contribution in [0.4, 0.5) is 0 Å². The smallest absolute Gasteiger partial charge is 0.247 e. The molecule has 4 heteroatoms. The van der Waals surface area contributed by atoms with Crippen LogP contribution in [0.1, 0.15) is 55.4 Å². The molecule has 0 atom stereocenters. The number of nitrogens with zero attached hydrogens (tertiary/aromatic N) is 2. The molecular weight excluding hydrogens is 255 g/mol. The van der Waals surface area contributed by atoms with E-state index in [4.69, 9.17) is 0 Å². The predicted octanol–water partition coefficient (Wildman–Crippen LogP) is 4.72. The Morgan fingerprint density at radius 3 is 1.26 bits per heavy atom. The van der Waals surface area contributed by atoms with Crippen molar-refractivity contribution in [2.24, 2.45) is 0 Å². The molecule has 0 aliphatic heterocycles. The molecule has 0 aromatic carbocycles. The average molecular weight is 286 g/mol. The van der Waals surface area contributed by atoms with E-state index in [9.17, 15) is 4.57 Å². The summed E-state index contributed by atoms with van der Waals surface area (Å²) in [5, 5.41) is 0. The van der Waals surface area contributed by atoms with Crippen LogP contribution in [0.5, 0.6) is 0 Å². The van der Waals surface area contributed by atoms with Gasteiger partial charge in [-0.2, -0.15) is 0 Å². The molecule has 0 bridgehead atoms. The zero-order valence-electron chi connectivity index (χ0n) is 13.8. The summed E-state index contributed by atoms with van der Waals surface area (Å²) >= 11 is 0. The molecule has 0 unspecified atom stereocenters. The first kappa shape index (κ1) is 18.7. The van der Waals surface area contributed by atoms with E-state index < -0.39 is 7.44 Å². The fraction of sp³-hybridized carbons (Fsp3) is 0.800. The van der Waals surface area contributed by atoms with Gasteiger partial charge in [-0.25, -0.2) is 9.34 Å². The largest absolute Gasteiger partial charge is 0.283 e. The van der Waals surface area contributed by atoms with E-state index in [-0.39, 0.29) is 24.2 Å². The topological polar surface area (TPSA) is 23.6 Å². The van der Waals surface area contributed by atoms with E-state index in [2.05, 4.69) is 77.0 Å². The highest BCUT2D eigenvalue weighted by Crippen LogP contribution is 2.58. The summed E-state index contributed by atoms with van der Waals surface area (Å²) in [6, 6.07) is 0.816. The lowest BCUT2D eigenvalue weighted by atomic mass is 10.3. The number of rotatable bonds is 7. The van der Waals surface area contributed by atoms with E-state index in [0.717, 1.165) is 0 Å². The Morgan fingerprint density at radius 1 is 0.842 bits per heavy atom. The van der Waals surface area contributed by atoms with Crippen molar-refractivity contribution in [2.45, 2.75) is 79.6 Å². The minimum Gasteiger partial charge on any atom is -0.283 e. The summed E-state index contributed by atoms with van der Waals surface area (Å²) in [6.07, 6.45) is 0. The maximum atomic E-state index is 13.7. The number of hydrogen-bond acceptors (Lipinski definition) is 1. The van der Waals surface area contributed by atoms with Gasteiger partial charge in [-0.1, -0.05) is 6.58 Å². The van der Waals surface area contributed by atoms with Crippen molar-refractivity contribution in [3.8, 4) is 0 Å². The van der Waals surface area contributed by atoms with Gasteiger partial charge in [0.05, 0.1) is 0 Å². The predicted molar refractivity (Wildman–Crippen MR) is 85.5 cm³/mol. The minimum absolute atomic E-state index is 0.204. The second kappa shape index (κ2) is 7.45. The van der Waals surface area contributed by atoms with Crippen LogP contribution in [0.2, 0.25) is 0 Å². The second-order valence-electron chi connectivity index (χ2n) is 6.06. The van der Waals surface area contributed by atoms with Gasteiger partial charge in [0.2, 0.25) is 7.44 Å². The van der Waals surface area contributed by atoms with Gasteiger partial charge in [0, 0.05) is 30.0 Å². The highest BCUT2D eigenvalue weighted by molar-refractivity contribution is 7.62. The summed E-state index contributed by atoms with van der Waals surface area (Å²) < 4.78 is 17.9. The van der Waals surface area contributed by atoms with Crippen LogP contribution < -0.4 is 0 Å². The Kier molecular flexibility index (Phi) is 7.32. The van der Waals surface area contributed by atoms with Gasteiger partial charge in [0.25, 0.3) is 0 Å². The molecule has 0 saturated heterocycles. The standard InChI is InChI=1S/C15H31N2OP/c1-10-11-19(18,16(12(2)3)13(4)5)17(14(6)7)15(8)9/h11-15H,1H2,2-9H3. The molecule has 0 aromatic rings. The molecule has 0 heterocycles. The van der Waals surface area contributed by atoms with Crippen molar-refractivity contribution < 1.29 is 4.57 Å². The van der Waals surface area contributed by atoms with Gasteiger partial charge in [-0.15, -0.1) is 5.73 Å². The maximum absolute atomic E-state index is 13.7. The molecule has 0 rings (SSSR count). The van der Waals surface area contributed by atoms with Crippen molar-refractivity contribution >= 4 is 7.44 Å². The van der Waals surface area contributed by atoms with Crippen molar-refractivity contribution in [1.82, 2.24) is 9.34 Å². The monoisotopic (exact) mass is 286 g/mol. The Balaban J connectivity index is 5.95. The van der Waals surface area contributed by atoms with Crippen LogP contribution >= 0.6 is 7.44 Å². The molecule has 0 aromatic heterocycles. The molecule has 3 nitrogen and oxygen atoms in total. The van der Waals surface area contributed by atoms with Gasteiger partial charge >= 0.3 is 0 Å². The summed E-state index contributed by atoms with van der Waals surface area (Å²) in [5.74, 6) is 1.67. The molecule has 0 amide bonds. The van der Waals surface area contributed by atoms with Gasteiger partial charge in [-0.05, 0) is 55.4 Å². The zero-order valence-corrected chi connectivity index (χ0v) is 14.7. The van der Waals surface area contributed by atoms with Gasteiger partial charge < -0.3 is 0 Å². The quantitative estimate of drug-likeness (QED) is 0.500.